The van der Waals surface area contributed by atoms with E-state index >= 15 is 0 Å². The zero-order valence-electron chi connectivity index (χ0n) is 7.05. The van der Waals surface area contributed by atoms with Gasteiger partial charge in [-0.15, -0.1) is 0 Å². The van der Waals surface area contributed by atoms with Gasteiger partial charge in [0.2, 0.25) is 0 Å². The van der Waals surface area contributed by atoms with Crippen molar-refractivity contribution in [3.63, 3.8) is 0 Å². The summed E-state index contributed by atoms with van der Waals surface area (Å²) in [6.45, 7) is 1.99. The van der Waals surface area contributed by atoms with Gasteiger partial charge in [0.05, 0.1) is 14.2 Å². The maximum absolute atomic E-state index is 5.09. The van der Waals surface area contributed by atoms with Gasteiger partial charge in [-0.3, -0.25) is 0 Å². The van der Waals surface area contributed by atoms with Crippen molar-refractivity contribution < 1.29 is 9.47 Å². The van der Waals surface area contributed by atoms with E-state index in [1.165, 1.54) is 0 Å². The van der Waals surface area contributed by atoms with E-state index in [1.807, 2.05) is 25.1 Å². The van der Waals surface area contributed by atoms with E-state index in [9.17, 15) is 0 Å². The molecule has 0 radical (unpaired) electrons. The Morgan fingerprint density at radius 3 is 2.27 bits per heavy atom. The van der Waals surface area contributed by atoms with Gasteiger partial charge in [-0.25, -0.2) is 0 Å². The lowest BCUT2D eigenvalue weighted by molar-refractivity contribution is 0.400. The predicted molar refractivity (Wildman–Crippen MR) is 44.3 cm³/mol. The van der Waals surface area contributed by atoms with Crippen LogP contribution in [0.2, 0.25) is 0 Å². The molecule has 2 nitrogen and oxygen atoms in total. The molecule has 0 N–H and O–H groups in total. The highest BCUT2D eigenvalue weighted by Gasteiger charge is 1.97. The minimum Gasteiger partial charge on any atom is -0.497 e. The fraction of sp³-hybridized carbons (Fsp3) is 0.333. The van der Waals surface area contributed by atoms with Crippen LogP contribution in [-0.2, 0) is 0 Å². The van der Waals surface area contributed by atoms with Crippen molar-refractivity contribution in [3.05, 3.63) is 23.8 Å². The summed E-state index contributed by atoms with van der Waals surface area (Å²) >= 11 is 0. The van der Waals surface area contributed by atoms with Gasteiger partial charge in [-0.1, -0.05) is 0 Å². The average molecular weight is 152 g/mol. The molecule has 0 atom stereocenters. The quantitative estimate of drug-likeness (QED) is 0.645. The molecule has 0 fully saturated rings. The minimum absolute atomic E-state index is 0.864. The summed E-state index contributed by atoms with van der Waals surface area (Å²) < 4.78 is 10.1. The molecule has 1 aromatic rings. The third kappa shape index (κ3) is 1.64. The molecule has 1 rings (SSSR count). The van der Waals surface area contributed by atoms with E-state index in [0.29, 0.717) is 0 Å². The molecule has 0 saturated heterocycles. The van der Waals surface area contributed by atoms with E-state index in [-0.39, 0.29) is 0 Å². The van der Waals surface area contributed by atoms with Gasteiger partial charge in [0, 0.05) is 0 Å². The van der Waals surface area contributed by atoms with Crippen LogP contribution in [0.25, 0.3) is 0 Å². The Bertz CT molecular complexity index is 243. The topological polar surface area (TPSA) is 18.5 Å². The van der Waals surface area contributed by atoms with E-state index in [4.69, 9.17) is 9.47 Å². The Hall–Kier alpha value is -1.18. The molecule has 0 bridgehead atoms. The highest BCUT2D eigenvalue weighted by atomic mass is 16.5. The highest BCUT2D eigenvalue weighted by Crippen LogP contribution is 2.22. The van der Waals surface area contributed by atoms with Crippen molar-refractivity contribution in [3.8, 4) is 11.5 Å². The van der Waals surface area contributed by atoms with Gasteiger partial charge in [-0.2, -0.15) is 0 Å². The van der Waals surface area contributed by atoms with Gasteiger partial charge in [-0.05, 0) is 30.7 Å². The van der Waals surface area contributed by atoms with Crippen LogP contribution in [0.1, 0.15) is 5.56 Å². The Kier molecular flexibility index (Phi) is 2.36. The second kappa shape index (κ2) is 3.28. The van der Waals surface area contributed by atoms with Crippen LogP contribution in [0.4, 0.5) is 0 Å². The molecule has 0 aromatic heterocycles. The first-order valence-electron chi connectivity index (χ1n) is 3.46. The molecular formula is C9H12O2. The van der Waals surface area contributed by atoms with Crippen LogP contribution in [0.5, 0.6) is 11.5 Å². The summed E-state index contributed by atoms with van der Waals surface area (Å²) in [7, 11) is 3.32. The van der Waals surface area contributed by atoms with Gasteiger partial charge in [0.1, 0.15) is 11.5 Å². The zero-order chi connectivity index (χ0) is 8.27. The van der Waals surface area contributed by atoms with Crippen LogP contribution in [0.3, 0.4) is 0 Å². The largest absolute Gasteiger partial charge is 0.497 e. The molecule has 0 aliphatic heterocycles. The monoisotopic (exact) mass is 152 g/mol. The molecule has 1 aromatic carbocycles. The molecule has 0 spiro atoms. The molecule has 0 saturated carbocycles. The lowest BCUT2D eigenvalue weighted by Gasteiger charge is -2.05. The smallest absolute Gasteiger partial charge is 0.122 e. The SMILES string of the molecule is COc1ccc(OC)c(C)c1. The highest BCUT2D eigenvalue weighted by molar-refractivity contribution is 5.39. The van der Waals surface area contributed by atoms with Crippen LogP contribution < -0.4 is 9.47 Å². The molecular weight excluding hydrogens is 140 g/mol. The van der Waals surface area contributed by atoms with Crippen LogP contribution in [0, 0.1) is 6.92 Å². The molecule has 0 heterocycles. The summed E-state index contributed by atoms with van der Waals surface area (Å²) in [6, 6.07) is 5.72. The molecule has 0 unspecified atom stereocenters. The molecule has 60 valence electrons. The summed E-state index contributed by atoms with van der Waals surface area (Å²) in [5.41, 5.74) is 1.09. The maximum atomic E-state index is 5.09. The standard InChI is InChI=1S/C9H12O2/c1-7-6-8(10-2)4-5-9(7)11-3/h4-6H,1-3H3. The van der Waals surface area contributed by atoms with Crippen molar-refractivity contribution in [2.75, 3.05) is 14.2 Å². The summed E-state index contributed by atoms with van der Waals surface area (Å²) in [4.78, 5) is 0. The van der Waals surface area contributed by atoms with Crippen molar-refractivity contribution in [1.82, 2.24) is 0 Å². The Labute approximate surface area is 66.8 Å². The predicted octanol–water partition coefficient (Wildman–Crippen LogP) is 2.01. The number of hydrogen-bond acceptors (Lipinski definition) is 2. The second-order valence-electron chi connectivity index (χ2n) is 2.34. The van der Waals surface area contributed by atoms with E-state index < -0.39 is 0 Å². The van der Waals surface area contributed by atoms with E-state index in [0.717, 1.165) is 17.1 Å². The maximum Gasteiger partial charge on any atom is 0.122 e. The fourth-order valence-corrected chi connectivity index (χ4v) is 0.978. The molecule has 0 amide bonds. The van der Waals surface area contributed by atoms with Gasteiger partial charge in [0.15, 0.2) is 0 Å². The summed E-state index contributed by atoms with van der Waals surface area (Å²) in [5, 5.41) is 0. The fourth-order valence-electron chi connectivity index (χ4n) is 0.978. The summed E-state index contributed by atoms with van der Waals surface area (Å²) in [6.07, 6.45) is 0. The van der Waals surface area contributed by atoms with Crippen LogP contribution in [-0.4, -0.2) is 14.2 Å². The number of aryl methyl sites for hydroxylation is 1. The molecule has 0 aliphatic rings. The lowest BCUT2D eigenvalue weighted by Crippen LogP contribution is -1.88. The van der Waals surface area contributed by atoms with Crippen molar-refractivity contribution >= 4 is 0 Å². The summed E-state index contributed by atoms with van der Waals surface area (Å²) in [5.74, 6) is 1.76. The van der Waals surface area contributed by atoms with Gasteiger partial charge in [0.25, 0.3) is 0 Å². The first kappa shape index (κ1) is 7.92. The van der Waals surface area contributed by atoms with E-state index in [2.05, 4.69) is 0 Å². The van der Waals surface area contributed by atoms with Gasteiger partial charge < -0.3 is 9.47 Å². The minimum atomic E-state index is 0.864. The Morgan fingerprint density at radius 1 is 1.09 bits per heavy atom. The van der Waals surface area contributed by atoms with Crippen molar-refractivity contribution in [2.45, 2.75) is 6.92 Å². The number of rotatable bonds is 2. The van der Waals surface area contributed by atoms with Crippen LogP contribution in [0.15, 0.2) is 18.2 Å². The normalized spacial score (nSPS) is 9.36. The molecule has 0 aliphatic carbocycles. The number of ether oxygens (including phenoxy) is 2. The average Bonchev–Trinajstić information content (AvgIpc) is 2.04. The molecule has 11 heavy (non-hydrogen) atoms. The first-order valence-corrected chi connectivity index (χ1v) is 3.46. The third-order valence-electron chi connectivity index (χ3n) is 1.60. The van der Waals surface area contributed by atoms with Crippen LogP contribution >= 0.6 is 0 Å². The number of benzene rings is 1. The second-order valence-corrected chi connectivity index (χ2v) is 2.34. The van der Waals surface area contributed by atoms with Crippen molar-refractivity contribution in [1.29, 1.82) is 0 Å². The third-order valence-corrected chi connectivity index (χ3v) is 1.60. The number of methoxy groups -OCH3 is 2. The Morgan fingerprint density at radius 2 is 1.82 bits per heavy atom. The lowest BCUT2D eigenvalue weighted by atomic mass is 10.2. The number of hydrogen-bond donors (Lipinski definition) is 0. The van der Waals surface area contributed by atoms with Crippen molar-refractivity contribution in [2.24, 2.45) is 0 Å². The Balaban J connectivity index is 2.99. The molecule has 2 heteroatoms. The zero-order valence-corrected chi connectivity index (χ0v) is 7.05. The van der Waals surface area contributed by atoms with Gasteiger partial charge >= 0.3 is 0 Å². The first-order chi connectivity index (χ1) is 5.27. The van der Waals surface area contributed by atoms with E-state index in [1.54, 1.807) is 14.2 Å².